The van der Waals surface area contributed by atoms with E-state index in [4.69, 9.17) is 9.47 Å². The molecule has 2 unspecified atom stereocenters. The second-order valence-corrected chi connectivity index (χ2v) is 6.71. The van der Waals surface area contributed by atoms with Gasteiger partial charge in [0.05, 0.1) is 13.7 Å². The minimum Gasteiger partial charge on any atom is -0.497 e. The highest BCUT2D eigenvalue weighted by molar-refractivity contribution is 14.0. The van der Waals surface area contributed by atoms with Gasteiger partial charge in [-0.25, -0.2) is 0 Å². The van der Waals surface area contributed by atoms with Crippen LogP contribution < -0.4 is 14.8 Å². The Morgan fingerprint density at radius 1 is 1.20 bits per heavy atom. The molecule has 1 heterocycles. The summed E-state index contributed by atoms with van der Waals surface area (Å²) in [6.07, 6.45) is 5.57. The Hall–Kier alpha value is -1.18. The lowest BCUT2D eigenvalue weighted by atomic mass is 9.82. The average Bonchev–Trinajstić information content (AvgIpc) is 3.05. The fraction of sp³-hybridized carbons (Fsp3) is 0.632. The number of nitrogens with one attached hydrogen (secondary N) is 1. The summed E-state index contributed by atoms with van der Waals surface area (Å²) in [5.41, 5.74) is 0. The summed E-state index contributed by atoms with van der Waals surface area (Å²) >= 11 is 0. The number of benzene rings is 1. The smallest absolute Gasteiger partial charge is 0.193 e. The number of rotatable bonds is 5. The van der Waals surface area contributed by atoms with Crippen molar-refractivity contribution >= 4 is 29.9 Å². The van der Waals surface area contributed by atoms with Crippen molar-refractivity contribution in [3.63, 3.8) is 0 Å². The molecule has 140 valence electrons. The number of methoxy groups -OCH3 is 1. The number of hydrogen-bond donors (Lipinski definition) is 1. The Kier molecular flexibility index (Phi) is 8.12. The lowest BCUT2D eigenvalue weighted by Crippen LogP contribution is -2.41. The third-order valence-electron chi connectivity index (χ3n) is 5.18. The lowest BCUT2D eigenvalue weighted by Gasteiger charge is -2.22. The van der Waals surface area contributed by atoms with Gasteiger partial charge in [-0.3, -0.25) is 4.99 Å². The van der Waals surface area contributed by atoms with Crippen molar-refractivity contribution in [1.82, 2.24) is 10.2 Å². The van der Waals surface area contributed by atoms with E-state index in [9.17, 15) is 0 Å². The zero-order valence-corrected chi connectivity index (χ0v) is 17.6. The predicted molar refractivity (Wildman–Crippen MR) is 112 cm³/mol. The van der Waals surface area contributed by atoms with E-state index >= 15 is 0 Å². The number of aliphatic imine (C=N–C) groups is 1. The molecule has 1 saturated heterocycles. The van der Waals surface area contributed by atoms with Gasteiger partial charge in [-0.2, -0.15) is 0 Å². The molecule has 2 aliphatic rings. The minimum absolute atomic E-state index is 0. The van der Waals surface area contributed by atoms with E-state index in [0.29, 0.717) is 6.61 Å². The number of fused-ring (bicyclic) bond motifs is 1. The van der Waals surface area contributed by atoms with Gasteiger partial charge in [0.1, 0.15) is 18.1 Å². The lowest BCUT2D eigenvalue weighted by molar-refractivity contribution is 0.299. The van der Waals surface area contributed by atoms with Crippen LogP contribution >= 0.6 is 24.0 Å². The Bertz CT molecular complexity index is 553. The van der Waals surface area contributed by atoms with E-state index in [1.165, 1.54) is 25.7 Å². The molecule has 1 aliphatic carbocycles. The standard InChI is InChI=1S/C19H29N3O2.HI/c1-20-19(22-13-15-6-3-4-7-16(15)14-22)21-10-11-24-18-9-5-8-17(12-18)23-2;/h5,8-9,12,15-16H,3-4,6-7,10-11,13-14H2,1-2H3,(H,20,21);1H. The number of nitrogens with zero attached hydrogens (tertiary/aromatic N) is 2. The molecule has 1 aromatic carbocycles. The summed E-state index contributed by atoms with van der Waals surface area (Å²) in [6.45, 7) is 3.66. The second kappa shape index (κ2) is 10.1. The molecule has 1 saturated carbocycles. The molecule has 1 N–H and O–H groups in total. The van der Waals surface area contributed by atoms with Crippen LogP contribution in [0.25, 0.3) is 0 Å². The quantitative estimate of drug-likeness (QED) is 0.318. The minimum atomic E-state index is 0. The molecule has 3 rings (SSSR count). The van der Waals surface area contributed by atoms with Crippen molar-refractivity contribution in [1.29, 1.82) is 0 Å². The average molecular weight is 459 g/mol. The third-order valence-corrected chi connectivity index (χ3v) is 5.18. The van der Waals surface area contributed by atoms with Crippen LogP contribution in [0, 0.1) is 11.8 Å². The summed E-state index contributed by atoms with van der Waals surface area (Å²) in [5, 5.41) is 3.44. The van der Waals surface area contributed by atoms with E-state index < -0.39 is 0 Å². The number of guanidine groups is 1. The van der Waals surface area contributed by atoms with Crippen molar-refractivity contribution < 1.29 is 9.47 Å². The van der Waals surface area contributed by atoms with Crippen LogP contribution in [0.3, 0.4) is 0 Å². The van der Waals surface area contributed by atoms with E-state index in [-0.39, 0.29) is 24.0 Å². The van der Waals surface area contributed by atoms with Crippen LogP contribution in [-0.2, 0) is 0 Å². The SMILES string of the molecule is CN=C(NCCOc1cccc(OC)c1)N1CC2CCCCC2C1.I. The van der Waals surface area contributed by atoms with Crippen LogP contribution in [0.5, 0.6) is 11.5 Å². The van der Waals surface area contributed by atoms with Gasteiger partial charge in [-0.15, -0.1) is 24.0 Å². The van der Waals surface area contributed by atoms with Crippen LogP contribution in [0.15, 0.2) is 29.3 Å². The molecule has 5 nitrogen and oxygen atoms in total. The molecule has 2 atom stereocenters. The van der Waals surface area contributed by atoms with Crippen LogP contribution in [0.4, 0.5) is 0 Å². The highest BCUT2D eigenvalue weighted by atomic mass is 127. The highest BCUT2D eigenvalue weighted by Crippen LogP contribution is 2.35. The van der Waals surface area contributed by atoms with E-state index in [2.05, 4.69) is 15.2 Å². The van der Waals surface area contributed by atoms with E-state index in [1.807, 2.05) is 31.3 Å². The van der Waals surface area contributed by atoms with Crippen molar-refractivity contribution in [2.45, 2.75) is 25.7 Å². The Morgan fingerprint density at radius 3 is 2.52 bits per heavy atom. The maximum atomic E-state index is 5.78. The largest absolute Gasteiger partial charge is 0.497 e. The van der Waals surface area contributed by atoms with Gasteiger partial charge in [0, 0.05) is 26.2 Å². The molecular formula is C19H30IN3O2. The van der Waals surface area contributed by atoms with Crippen molar-refractivity contribution in [2.24, 2.45) is 16.8 Å². The molecule has 25 heavy (non-hydrogen) atoms. The zero-order valence-electron chi connectivity index (χ0n) is 15.2. The number of likely N-dealkylation sites (tertiary alicyclic amines) is 1. The van der Waals surface area contributed by atoms with Crippen LogP contribution in [0.2, 0.25) is 0 Å². The topological polar surface area (TPSA) is 46.1 Å². The van der Waals surface area contributed by atoms with Gasteiger partial charge in [0.15, 0.2) is 5.96 Å². The van der Waals surface area contributed by atoms with Gasteiger partial charge in [0.25, 0.3) is 0 Å². The Labute approximate surface area is 168 Å². The summed E-state index contributed by atoms with van der Waals surface area (Å²) in [7, 11) is 3.53. The van der Waals surface area contributed by atoms with Crippen LogP contribution in [-0.4, -0.2) is 51.3 Å². The summed E-state index contributed by atoms with van der Waals surface area (Å²) < 4.78 is 11.0. The Balaban J connectivity index is 0.00000225. The maximum absolute atomic E-state index is 5.78. The van der Waals surface area contributed by atoms with Gasteiger partial charge < -0.3 is 19.7 Å². The molecule has 0 bridgehead atoms. The van der Waals surface area contributed by atoms with Crippen molar-refractivity contribution in [3.8, 4) is 11.5 Å². The summed E-state index contributed by atoms with van der Waals surface area (Å²) in [4.78, 5) is 6.88. The van der Waals surface area contributed by atoms with Gasteiger partial charge in [-0.05, 0) is 36.8 Å². The first-order valence-corrected chi connectivity index (χ1v) is 9.02. The highest BCUT2D eigenvalue weighted by Gasteiger charge is 2.35. The molecule has 1 aliphatic heterocycles. The Morgan fingerprint density at radius 2 is 1.88 bits per heavy atom. The molecule has 0 aromatic heterocycles. The second-order valence-electron chi connectivity index (χ2n) is 6.71. The fourth-order valence-electron chi connectivity index (χ4n) is 3.93. The number of hydrogen-bond acceptors (Lipinski definition) is 3. The normalized spacial score (nSPS) is 22.8. The first-order valence-electron chi connectivity index (χ1n) is 9.02. The van der Waals surface area contributed by atoms with Gasteiger partial charge >= 0.3 is 0 Å². The zero-order chi connectivity index (χ0) is 16.8. The molecule has 1 aromatic rings. The van der Waals surface area contributed by atoms with Crippen LogP contribution in [0.1, 0.15) is 25.7 Å². The monoisotopic (exact) mass is 459 g/mol. The first-order chi connectivity index (χ1) is 11.8. The number of ether oxygens (including phenoxy) is 2. The molecule has 2 fully saturated rings. The number of halogens is 1. The van der Waals surface area contributed by atoms with E-state index in [1.54, 1.807) is 7.11 Å². The molecular weight excluding hydrogens is 429 g/mol. The molecule has 6 heteroatoms. The van der Waals surface area contributed by atoms with Crippen molar-refractivity contribution in [3.05, 3.63) is 24.3 Å². The third kappa shape index (κ3) is 5.39. The van der Waals surface area contributed by atoms with Gasteiger partial charge in [0.2, 0.25) is 0 Å². The van der Waals surface area contributed by atoms with Gasteiger partial charge in [-0.1, -0.05) is 18.9 Å². The summed E-state index contributed by atoms with van der Waals surface area (Å²) in [5.74, 6) is 4.39. The predicted octanol–water partition coefficient (Wildman–Crippen LogP) is 3.39. The summed E-state index contributed by atoms with van der Waals surface area (Å²) in [6, 6.07) is 7.70. The first kappa shape index (κ1) is 20.1. The van der Waals surface area contributed by atoms with Crippen molar-refractivity contribution in [2.75, 3.05) is 40.4 Å². The molecule has 0 spiro atoms. The molecule has 0 radical (unpaired) electrons. The fourth-order valence-corrected chi connectivity index (χ4v) is 3.93. The molecule has 0 amide bonds. The maximum Gasteiger partial charge on any atom is 0.193 e. The van der Waals surface area contributed by atoms with E-state index in [0.717, 1.165) is 48.9 Å².